The topological polar surface area (TPSA) is 86.8 Å². The lowest BCUT2D eigenvalue weighted by Gasteiger charge is -2.33. The van der Waals surface area contributed by atoms with Gasteiger partial charge in [-0.2, -0.15) is 0 Å². The van der Waals surface area contributed by atoms with E-state index in [-0.39, 0.29) is 34.6 Å². The first-order valence-corrected chi connectivity index (χ1v) is 14.8. The first kappa shape index (κ1) is 29.8. The zero-order valence-corrected chi connectivity index (χ0v) is 24.0. The quantitative estimate of drug-likeness (QED) is 0.330. The SMILES string of the molecule is CCNC(=O)[C@@H](Cc1ccccc1)N(Cc1cccc(Cl)c1)C(=O)CN(c1cc(Cl)cc(Cl)c1)S(C)(=O)=O. The monoisotopic (exact) mass is 595 g/mol. The minimum atomic E-state index is -3.93. The molecule has 3 aromatic rings. The van der Waals surface area contributed by atoms with E-state index in [9.17, 15) is 18.0 Å². The largest absolute Gasteiger partial charge is 0.355 e. The lowest BCUT2D eigenvalue weighted by atomic mass is 10.0. The molecule has 0 unspecified atom stereocenters. The average Bonchev–Trinajstić information content (AvgIpc) is 2.84. The molecule has 7 nitrogen and oxygen atoms in total. The predicted octanol–water partition coefficient (Wildman–Crippen LogP) is 5.19. The Labute approximate surface area is 238 Å². The molecule has 2 amide bonds. The molecule has 0 saturated heterocycles. The van der Waals surface area contributed by atoms with Gasteiger partial charge in [0.1, 0.15) is 12.6 Å². The molecular weight excluding hydrogens is 569 g/mol. The number of carbonyl (C=O) groups is 2. The molecule has 0 bridgehead atoms. The fraction of sp³-hybridized carbons (Fsp3) is 0.259. The molecule has 0 aliphatic carbocycles. The smallest absolute Gasteiger partial charge is 0.244 e. The highest BCUT2D eigenvalue weighted by Gasteiger charge is 2.33. The van der Waals surface area contributed by atoms with Crippen LogP contribution in [0.3, 0.4) is 0 Å². The van der Waals surface area contributed by atoms with Crippen molar-refractivity contribution in [1.29, 1.82) is 0 Å². The fourth-order valence-electron chi connectivity index (χ4n) is 3.97. The van der Waals surface area contributed by atoms with Crippen LogP contribution in [0.2, 0.25) is 15.1 Å². The molecule has 1 N–H and O–H groups in total. The molecule has 3 aromatic carbocycles. The number of nitrogens with zero attached hydrogens (tertiary/aromatic N) is 2. The summed E-state index contributed by atoms with van der Waals surface area (Å²) in [7, 11) is -3.93. The number of halogens is 3. The van der Waals surface area contributed by atoms with Gasteiger partial charge < -0.3 is 10.2 Å². The molecular formula is C27H28Cl3N3O4S. The van der Waals surface area contributed by atoms with Crippen LogP contribution in [0.25, 0.3) is 0 Å². The molecule has 1 atom stereocenters. The maximum absolute atomic E-state index is 13.9. The Morgan fingerprint density at radius 3 is 2.08 bits per heavy atom. The Kier molecular flexibility index (Phi) is 10.4. The number of amides is 2. The Morgan fingerprint density at radius 1 is 0.868 bits per heavy atom. The van der Waals surface area contributed by atoms with Crippen molar-refractivity contribution in [2.45, 2.75) is 25.9 Å². The van der Waals surface area contributed by atoms with E-state index in [2.05, 4.69) is 5.32 Å². The molecule has 0 spiro atoms. The van der Waals surface area contributed by atoms with Crippen molar-refractivity contribution in [2.24, 2.45) is 0 Å². The summed E-state index contributed by atoms with van der Waals surface area (Å²) < 4.78 is 26.5. The summed E-state index contributed by atoms with van der Waals surface area (Å²) in [6.07, 6.45) is 1.21. The van der Waals surface area contributed by atoms with Gasteiger partial charge in [-0.3, -0.25) is 13.9 Å². The zero-order valence-electron chi connectivity index (χ0n) is 20.9. The second-order valence-corrected chi connectivity index (χ2v) is 11.9. The second kappa shape index (κ2) is 13.3. The van der Waals surface area contributed by atoms with E-state index in [0.29, 0.717) is 17.1 Å². The van der Waals surface area contributed by atoms with Gasteiger partial charge >= 0.3 is 0 Å². The molecule has 0 saturated carbocycles. The predicted molar refractivity (Wildman–Crippen MR) is 153 cm³/mol. The third kappa shape index (κ3) is 8.36. The van der Waals surface area contributed by atoms with Gasteiger partial charge in [-0.15, -0.1) is 0 Å². The van der Waals surface area contributed by atoms with Gasteiger partial charge in [0.2, 0.25) is 21.8 Å². The molecule has 38 heavy (non-hydrogen) atoms. The van der Waals surface area contributed by atoms with Crippen LogP contribution >= 0.6 is 34.8 Å². The van der Waals surface area contributed by atoms with Crippen molar-refractivity contribution in [1.82, 2.24) is 10.2 Å². The lowest BCUT2D eigenvalue weighted by molar-refractivity contribution is -0.140. The number of benzene rings is 3. The number of anilines is 1. The van der Waals surface area contributed by atoms with Crippen LogP contribution < -0.4 is 9.62 Å². The number of rotatable bonds is 11. The van der Waals surface area contributed by atoms with Crippen molar-refractivity contribution >= 4 is 62.3 Å². The van der Waals surface area contributed by atoms with Gasteiger partial charge in [0.15, 0.2) is 0 Å². The number of hydrogen-bond acceptors (Lipinski definition) is 4. The van der Waals surface area contributed by atoms with Crippen LogP contribution in [0.15, 0.2) is 72.8 Å². The number of hydrogen-bond donors (Lipinski definition) is 1. The number of likely N-dealkylation sites (N-methyl/N-ethyl adjacent to an activating group) is 1. The Morgan fingerprint density at radius 2 is 1.50 bits per heavy atom. The van der Waals surface area contributed by atoms with Gasteiger partial charge in [-0.05, 0) is 48.4 Å². The summed E-state index contributed by atoms with van der Waals surface area (Å²) in [6.45, 7) is 1.61. The van der Waals surface area contributed by atoms with Crippen LogP contribution in [0.4, 0.5) is 5.69 Å². The zero-order chi connectivity index (χ0) is 27.9. The van der Waals surface area contributed by atoms with Crippen LogP contribution in [-0.4, -0.2) is 50.5 Å². The minimum Gasteiger partial charge on any atom is -0.355 e. The molecule has 202 valence electrons. The number of nitrogens with one attached hydrogen (secondary N) is 1. The molecule has 0 heterocycles. The Balaban J connectivity index is 2.06. The highest BCUT2D eigenvalue weighted by atomic mass is 35.5. The molecule has 11 heteroatoms. The average molecular weight is 597 g/mol. The van der Waals surface area contributed by atoms with E-state index >= 15 is 0 Å². The van der Waals surface area contributed by atoms with Crippen LogP contribution in [0.5, 0.6) is 0 Å². The first-order valence-electron chi connectivity index (χ1n) is 11.8. The number of sulfonamides is 1. The van der Waals surface area contributed by atoms with E-state index < -0.39 is 28.5 Å². The van der Waals surface area contributed by atoms with Gasteiger partial charge in [0.05, 0.1) is 11.9 Å². The van der Waals surface area contributed by atoms with E-state index in [1.807, 2.05) is 30.3 Å². The maximum Gasteiger partial charge on any atom is 0.244 e. The Hall–Kier alpha value is -2.78. The lowest BCUT2D eigenvalue weighted by Crippen LogP contribution is -2.53. The van der Waals surface area contributed by atoms with E-state index in [1.54, 1.807) is 31.2 Å². The molecule has 0 aliphatic heterocycles. The van der Waals surface area contributed by atoms with Crippen molar-refractivity contribution in [3.8, 4) is 0 Å². The third-order valence-corrected chi connectivity index (χ3v) is 7.49. The normalized spacial score (nSPS) is 12.0. The second-order valence-electron chi connectivity index (χ2n) is 8.65. The maximum atomic E-state index is 13.9. The summed E-state index contributed by atoms with van der Waals surface area (Å²) >= 11 is 18.4. The Bertz CT molecular complexity index is 1370. The molecule has 0 aromatic heterocycles. The standard InChI is InChI=1S/C27H28Cl3N3O4S/c1-3-31-27(35)25(13-19-8-5-4-6-9-19)32(17-20-10-7-11-21(28)12-20)26(34)18-33(38(2,36)37)24-15-22(29)14-23(30)16-24/h4-12,14-16,25H,3,13,17-18H2,1-2H3,(H,31,35)/t25-/m1/s1. The van der Waals surface area contributed by atoms with Crippen molar-refractivity contribution in [3.05, 3.63) is 99.0 Å². The number of carbonyl (C=O) groups excluding carboxylic acids is 2. The third-order valence-electron chi connectivity index (χ3n) is 5.68. The van der Waals surface area contributed by atoms with E-state index in [1.165, 1.54) is 23.1 Å². The summed E-state index contributed by atoms with van der Waals surface area (Å²) in [5.41, 5.74) is 1.66. The van der Waals surface area contributed by atoms with E-state index in [4.69, 9.17) is 34.8 Å². The van der Waals surface area contributed by atoms with Gasteiger partial charge in [0, 0.05) is 34.6 Å². The van der Waals surface area contributed by atoms with Gasteiger partial charge in [-0.25, -0.2) is 8.42 Å². The van der Waals surface area contributed by atoms with Gasteiger partial charge in [-0.1, -0.05) is 77.3 Å². The molecule has 3 rings (SSSR count). The first-order chi connectivity index (χ1) is 18.0. The highest BCUT2D eigenvalue weighted by molar-refractivity contribution is 7.92. The highest BCUT2D eigenvalue weighted by Crippen LogP contribution is 2.27. The molecule has 0 fully saturated rings. The van der Waals surface area contributed by atoms with Crippen molar-refractivity contribution in [3.63, 3.8) is 0 Å². The molecule has 0 aliphatic rings. The summed E-state index contributed by atoms with van der Waals surface area (Å²) in [5, 5.41) is 3.71. The summed E-state index contributed by atoms with van der Waals surface area (Å²) in [5.74, 6) is -0.942. The van der Waals surface area contributed by atoms with Crippen LogP contribution in [0.1, 0.15) is 18.1 Å². The van der Waals surface area contributed by atoms with Crippen molar-refractivity contribution in [2.75, 3.05) is 23.7 Å². The van der Waals surface area contributed by atoms with E-state index in [0.717, 1.165) is 16.1 Å². The summed E-state index contributed by atoms with van der Waals surface area (Å²) in [6, 6.07) is 19.6. The van der Waals surface area contributed by atoms with Crippen LogP contribution in [0, 0.1) is 0 Å². The minimum absolute atomic E-state index is 0.0297. The fourth-order valence-corrected chi connectivity index (χ4v) is 5.54. The van der Waals surface area contributed by atoms with Crippen molar-refractivity contribution < 1.29 is 18.0 Å². The van der Waals surface area contributed by atoms with Gasteiger partial charge in [0.25, 0.3) is 0 Å². The molecule has 0 radical (unpaired) electrons. The summed E-state index contributed by atoms with van der Waals surface area (Å²) in [4.78, 5) is 28.6. The van der Waals surface area contributed by atoms with Crippen LogP contribution in [-0.2, 0) is 32.6 Å².